The minimum atomic E-state index is -4.58. The molecule has 0 aliphatic carbocycles. The fourth-order valence-corrected chi connectivity index (χ4v) is 5.07. The van der Waals surface area contributed by atoms with Crippen molar-refractivity contribution in [2.75, 3.05) is 20.8 Å². The molecular weight excluding hydrogens is 488 g/mol. The van der Waals surface area contributed by atoms with Gasteiger partial charge in [-0.1, -0.05) is 30.3 Å². The number of rotatable bonds is 8. The summed E-state index contributed by atoms with van der Waals surface area (Å²) in [5.74, 6) is -0.233. The van der Waals surface area contributed by atoms with E-state index in [-0.39, 0.29) is 18.4 Å². The third-order valence-electron chi connectivity index (χ3n) is 6.82. The number of primary amides is 1. The van der Waals surface area contributed by atoms with Crippen molar-refractivity contribution in [2.24, 2.45) is 5.73 Å². The first-order chi connectivity index (χ1) is 17.6. The van der Waals surface area contributed by atoms with Gasteiger partial charge in [0.15, 0.2) is 11.5 Å². The number of amides is 1. The van der Waals surface area contributed by atoms with E-state index in [2.05, 4.69) is 0 Å². The minimum absolute atomic E-state index is 0.0188. The Labute approximate surface area is 212 Å². The number of nitrogens with two attached hydrogens (primary N) is 1. The van der Waals surface area contributed by atoms with E-state index in [9.17, 15) is 22.4 Å². The van der Waals surface area contributed by atoms with Gasteiger partial charge in [-0.15, -0.1) is 0 Å². The van der Waals surface area contributed by atoms with Crippen LogP contribution >= 0.6 is 0 Å². The van der Waals surface area contributed by atoms with Crippen LogP contribution < -0.4 is 15.2 Å². The first-order valence-electron chi connectivity index (χ1n) is 11.8. The summed E-state index contributed by atoms with van der Waals surface area (Å²) in [6.45, 7) is 0.459. The van der Waals surface area contributed by atoms with Crippen LogP contribution in [0.2, 0.25) is 0 Å². The van der Waals surface area contributed by atoms with Crippen LogP contribution in [0.3, 0.4) is 0 Å². The maximum absolute atomic E-state index is 14.6. The highest BCUT2D eigenvalue weighted by molar-refractivity contribution is 5.81. The highest BCUT2D eigenvalue weighted by Gasteiger charge is 2.37. The van der Waals surface area contributed by atoms with Crippen molar-refractivity contribution in [2.45, 2.75) is 37.5 Å². The number of hydrogen-bond donors (Lipinski definition) is 1. The number of methoxy groups -OCH3 is 2. The third-order valence-corrected chi connectivity index (χ3v) is 6.82. The lowest BCUT2D eigenvalue weighted by atomic mass is 9.86. The predicted molar refractivity (Wildman–Crippen MR) is 131 cm³/mol. The molecule has 0 saturated carbocycles. The quantitative estimate of drug-likeness (QED) is 0.395. The first kappa shape index (κ1) is 26.5. The fourth-order valence-electron chi connectivity index (χ4n) is 5.07. The molecule has 4 rings (SSSR count). The zero-order valence-electron chi connectivity index (χ0n) is 20.5. The number of alkyl halides is 3. The molecule has 0 fully saturated rings. The van der Waals surface area contributed by atoms with E-state index in [1.54, 1.807) is 0 Å². The minimum Gasteiger partial charge on any atom is -0.493 e. The molecule has 0 bridgehead atoms. The summed E-state index contributed by atoms with van der Waals surface area (Å²) in [4.78, 5) is 14.7. The summed E-state index contributed by atoms with van der Waals surface area (Å²) in [7, 11) is 3.04. The van der Waals surface area contributed by atoms with Crippen LogP contribution in [0.25, 0.3) is 0 Å². The van der Waals surface area contributed by atoms with Crippen LogP contribution in [-0.2, 0) is 23.8 Å². The summed E-state index contributed by atoms with van der Waals surface area (Å²) >= 11 is 0. The molecule has 3 aromatic carbocycles. The number of benzene rings is 3. The molecule has 1 unspecified atom stereocenters. The molecule has 1 aliphatic rings. The van der Waals surface area contributed by atoms with Gasteiger partial charge in [-0.05, 0) is 71.8 Å². The van der Waals surface area contributed by atoms with Gasteiger partial charge < -0.3 is 15.2 Å². The summed E-state index contributed by atoms with van der Waals surface area (Å²) in [5, 5.41) is 0. The lowest BCUT2D eigenvalue weighted by Crippen LogP contribution is -2.44. The Morgan fingerprint density at radius 2 is 1.73 bits per heavy atom. The molecule has 1 aliphatic heterocycles. The number of halogens is 4. The zero-order chi connectivity index (χ0) is 26.7. The van der Waals surface area contributed by atoms with Crippen molar-refractivity contribution in [3.63, 3.8) is 0 Å². The number of carbonyl (C=O) groups is 1. The van der Waals surface area contributed by atoms with Gasteiger partial charge in [-0.3, -0.25) is 9.69 Å². The molecule has 0 radical (unpaired) electrons. The molecule has 2 N–H and O–H groups in total. The second-order valence-corrected chi connectivity index (χ2v) is 8.97. The van der Waals surface area contributed by atoms with Gasteiger partial charge in [0.05, 0.1) is 19.8 Å². The van der Waals surface area contributed by atoms with E-state index >= 15 is 0 Å². The Hall–Kier alpha value is -3.59. The number of ether oxygens (including phenoxy) is 2. The summed E-state index contributed by atoms with van der Waals surface area (Å²) in [6.07, 6.45) is -3.73. The fraction of sp³-hybridized carbons (Fsp3) is 0.321. The van der Waals surface area contributed by atoms with Gasteiger partial charge in [0.1, 0.15) is 11.9 Å². The molecule has 196 valence electrons. The van der Waals surface area contributed by atoms with E-state index in [1.165, 1.54) is 14.2 Å². The number of fused-ring (bicyclic) bond motifs is 1. The summed E-state index contributed by atoms with van der Waals surface area (Å²) < 4.78 is 65.4. The first-order valence-corrected chi connectivity index (χ1v) is 11.8. The Bertz CT molecular complexity index is 1260. The highest BCUT2D eigenvalue weighted by Crippen LogP contribution is 2.43. The number of carbonyl (C=O) groups excluding carboxylic acids is 1. The average molecular weight is 517 g/mol. The van der Waals surface area contributed by atoms with E-state index < -0.39 is 35.5 Å². The maximum Gasteiger partial charge on any atom is 0.416 e. The van der Waals surface area contributed by atoms with E-state index in [0.717, 1.165) is 29.3 Å². The molecule has 0 saturated heterocycles. The molecule has 5 nitrogen and oxygen atoms in total. The molecular formula is C28H28F4N2O3. The number of hydrogen-bond acceptors (Lipinski definition) is 4. The summed E-state index contributed by atoms with van der Waals surface area (Å²) in [5.41, 5.74) is 7.41. The van der Waals surface area contributed by atoms with Crippen molar-refractivity contribution in [3.8, 4) is 11.5 Å². The van der Waals surface area contributed by atoms with E-state index in [0.29, 0.717) is 30.0 Å². The Morgan fingerprint density at radius 3 is 2.35 bits per heavy atom. The predicted octanol–water partition coefficient (Wildman–Crippen LogP) is 5.62. The van der Waals surface area contributed by atoms with Crippen LogP contribution in [0, 0.1) is 5.82 Å². The van der Waals surface area contributed by atoms with E-state index in [4.69, 9.17) is 15.2 Å². The third kappa shape index (κ3) is 5.56. The van der Waals surface area contributed by atoms with Gasteiger partial charge in [0.25, 0.3) is 0 Å². The largest absolute Gasteiger partial charge is 0.493 e. The number of aryl methyl sites for hydroxylation is 1. The maximum atomic E-state index is 14.6. The molecule has 1 amide bonds. The number of nitrogens with zero attached hydrogens (tertiary/aromatic N) is 1. The second-order valence-electron chi connectivity index (χ2n) is 8.97. The van der Waals surface area contributed by atoms with Crippen LogP contribution in [0.15, 0.2) is 60.7 Å². The molecule has 0 aromatic heterocycles. The van der Waals surface area contributed by atoms with Crippen molar-refractivity contribution < 1.29 is 31.8 Å². The Morgan fingerprint density at radius 1 is 1.05 bits per heavy atom. The van der Waals surface area contributed by atoms with Crippen LogP contribution in [0.4, 0.5) is 17.6 Å². The van der Waals surface area contributed by atoms with E-state index in [1.807, 2.05) is 47.4 Å². The van der Waals surface area contributed by atoms with Crippen molar-refractivity contribution in [1.82, 2.24) is 4.90 Å². The smallest absolute Gasteiger partial charge is 0.416 e. The van der Waals surface area contributed by atoms with Gasteiger partial charge >= 0.3 is 6.18 Å². The topological polar surface area (TPSA) is 64.8 Å². The molecule has 1 heterocycles. The monoisotopic (exact) mass is 516 g/mol. The molecule has 0 spiro atoms. The molecule has 2 atom stereocenters. The van der Waals surface area contributed by atoms with Crippen LogP contribution in [0.5, 0.6) is 11.5 Å². The lowest BCUT2D eigenvalue weighted by molar-refractivity contribution is -0.137. The Balaban J connectivity index is 1.77. The average Bonchev–Trinajstić information content (AvgIpc) is 2.87. The normalized spacial score (nSPS) is 16.6. The Kier molecular flexibility index (Phi) is 7.73. The molecule has 9 heteroatoms. The molecule has 3 aromatic rings. The van der Waals surface area contributed by atoms with Crippen molar-refractivity contribution in [1.29, 1.82) is 0 Å². The zero-order valence-corrected chi connectivity index (χ0v) is 20.5. The SMILES string of the molecule is COc1cc2c(cc1OC)[C@H](CCc1cc(C(F)(F)F)ccc1F)N(C(C(N)=O)c1ccccc1)CC2. The van der Waals surface area contributed by atoms with Gasteiger partial charge in [0, 0.05) is 12.6 Å². The van der Waals surface area contributed by atoms with Crippen molar-refractivity contribution in [3.05, 3.63) is 94.3 Å². The lowest BCUT2D eigenvalue weighted by Gasteiger charge is -2.41. The van der Waals surface area contributed by atoms with Gasteiger partial charge in [0.2, 0.25) is 5.91 Å². The second kappa shape index (κ2) is 10.8. The van der Waals surface area contributed by atoms with Gasteiger partial charge in [-0.25, -0.2) is 4.39 Å². The molecule has 37 heavy (non-hydrogen) atoms. The standard InChI is InChI=1S/C28H28F4N2O3/c1-36-24-15-18-12-13-34(26(27(33)35)17-6-4-3-5-7-17)23(21(18)16-25(24)37-2)11-8-19-14-20(28(30,31)32)9-10-22(19)29/h3-7,9-10,14-16,23,26H,8,11-13H2,1-2H3,(H2,33,35)/t23-,26?/m0/s1. The van der Waals surface area contributed by atoms with Crippen molar-refractivity contribution >= 4 is 5.91 Å². The van der Waals surface area contributed by atoms with Gasteiger partial charge in [-0.2, -0.15) is 13.2 Å². The summed E-state index contributed by atoms with van der Waals surface area (Å²) in [6, 6.07) is 13.9. The highest BCUT2D eigenvalue weighted by atomic mass is 19.4. The van der Waals surface area contributed by atoms with Crippen LogP contribution in [0.1, 0.15) is 46.3 Å². The van der Waals surface area contributed by atoms with Crippen LogP contribution in [-0.4, -0.2) is 31.6 Å².